The number of carbonyl (C=O) groups excluding carboxylic acids is 1. The van der Waals surface area contributed by atoms with Crippen LogP contribution in [0.1, 0.15) is 26.2 Å². The fourth-order valence-electron chi connectivity index (χ4n) is 0.790. The fourth-order valence-corrected chi connectivity index (χ4v) is 0.790. The smallest absolute Gasteiger partial charge is 0.305 e. The third kappa shape index (κ3) is 7.06. The first-order valence-electron chi connectivity index (χ1n) is 4.24. The van der Waals surface area contributed by atoms with Crippen LogP contribution in [0.25, 0.3) is 0 Å². The standard InChI is InChI=1S/C10H16O2/c1-3-5-6-7-8-9-10(11)12-4-2/h3,5-6H,1,4,7-9H2,2H3. The van der Waals surface area contributed by atoms with E-state index in [2.05, 4.69) is 6.58 Å². The Labute approximate surface area is 73.9 Å². The minimum atomic E-state index is -0.107. The molecule has 0 aliphatic heterocycles. The molecular formula is C10H16O2. The zero-order chi connectivity index (χ0) is 9.23. The topological polar surface area (TPSA) is 26.3 Å². The molecule has 12 heavy (non-hydrogen) atoms. The monoisotopic (exact) mass is 168 g/mol. The van der Waals surface area contributed by atoms with Crippen molar-refractivity contribution in [3.05, 3.63) is 24.8 Å². The largest absolute Gasteiger partial charge is 0.466 e. The lowest BCUT2D eigenvalue weighted by Gasteiger charge is -1.98. The first-order valence-corrected chi connectivity index (χ1v) is 4.24. The van der Waals surface area contributed by atoms with Gasteiger partial charge in [0, 0.05) is 6.42 Å². The average molecular weight is 168 g/mol. The molecule has 0 aromatic heterocycles. The van der Waals surface area contributed by atoms with Crippen molar-refractivity contribution in [2.75, 3.05) is 6.61 Å². The van der Waals surface area contributed by atoms with Crippen LogP contribution in [0, 0.1) is 0 Å². The molecular weight excluding hydrogens is 152 g/mol. The molecule has 0 atom stereocenters. The van der Waals surface area contributed by atoms with E-state index in [-0.39, 0.29) is 5.97 Å². The van der Waals surface area contributed by atoms with Crippen LogP contribution in [-0.4, -0.2) is 12.6 Å². The molecule has 0 saturated heterocycles. The zero-order valence-electron chi connectivity index (χ0n) is 7.58. The first-order chi connectivity index (χ1) is 5.81. The summed E-state index contributed by atoms with van der Waals surface area (Å²) in [5.74, 6) is -0.107. The van der Waals surface area contributed by atoms with E-state index in [1.165, 1.54) is 0 Å². The van der Waals surface area contributed by atoms with Crippen molar-refractivity contribution >= 4 is 5.97 Å². The summed E-state index contributed by atoms with van der Waals surface area (Å²) in [7, 11) is 0. The molecule has 0 aromatic rings. The van der Waals surface area contributed by atoms with Gasteiger partial charge in [-0.1, -0.05) is 24.8 Å². The second-order valence-corrected chi connectivity index (χ2v) is 2.36. The van der Waals surface area contributed by atoms with Gasteiger partial charge in [-0.15, -0.1) is 0 Å². The highest BCUT2D eigenvalue weighted by Crippen LogP contribution is 1.98. The van der Waals surface area contributed by atoms with E-state index in [1.807, 2.05) is 19.1 Å². The number of esters is 1. The zero-order valence-corrected chi connectivity index (χ0v) is 7.58. The second kappa shape index (κ2) is 8.05. The van der Waals surface area contributed by atoms with Gasteiger partial charge in [0.05, 0.1) is 6.61 Å². The molecule has 0 fully saturated rings. The van der Waals surface area contributed by atoms with E-state index in [9.17, 15) is 4.79 Å². The molecule has 0 rings (SSSR count). The minimum Gasteiger partial charge on any atom is -0.466 e. The Morgan fingerprint density at radius 1 is 1.58 bits per heavy atom. The highest BCUT2D eigenvalue weighted by atomic mass is 16.5. The van der Waals surface area contributed by atoms with Gasteiger partial charge in [0.2, 0.25) is 0 Å². The molecule has 0 unspecified atom stereocenters. The third-order valence-corrected chi connectivity index (χ3v) is 1.33. The number of unbranched alkanes of at least 4 members (excludes halogenated alkanes) is 1. The normalized spacial score (nSPS) is 10.1. The molecule has 0 radical (unpaired) electrons. The van der Waals surface area contributed by atoms with Gasteiger partial charge >= 0.3 is 5.97 Å². The summed E-state index contributed by atoms with van der Waals surface area (Å²) in [6, 6.07) is 0. The summed E-state index contributed by atoms with van der Waals surface area (Å²) in [5.41, 5.74) is 0. The van der Waals surface area contributed by atoms with Crippen molar-refractivity contribution < 1.29 is 9.53 Å². The average Bonchev–Trinajstić information content (AvgIpc) is 2.05. The summed E-state index contributed by atoms with van der Waals surface area (Å²) in [6.07, 6.45) is 7.87. The third-order valence-electron chi connectivity index (χ3n) is 1.33. The molecule has 68 valence electrons. The number of hydrogen-bond donors (Lipinski definition) is 0. The maximum Gasteiger partial charge on any atom is 0.305 e. The van der Waals surface area contributed by atoms with Gasteiger partial charge in [-0.2, -0.15) is 0 Å². The predicted octanol–water partition coefficient (Wildman–Crippen LogP) is 2.46. The van der Waals surface area contributed by atoms with Crippen molar-refractivity contribution in [2.45, 2.75) is 26.2 Å². The Hall–Kier alpha value is -1.05. The molecule has 0 amide bonds. The SMILES string of the molecule is C=CC=CCCCC(=O)OCC. The van der Waals surface area contributed by atoms with E-state index >= 15 is 0 Å². The van der Waals surface area contributed by atoms with Crippen molar-refractivity contribution in [3.8, 4) is 0 Å². The Kier molecular flexibility index (Phi) is 7.35. The molecule has 0 spiro atoms. The molecule has 0 heterocycles. The van der Waals surface area contributed by atoms with Crippen LogP contribution in [0.5, 0.6) is 0 Å². The Bertz CT molecular complexity index is 159. The quantitative estimate of drug-likeness (QED) is 0.346. The van der Waals surface area contributed by atoms with Crippen LogP contribution in [0.2, 0.25) is 0 Å². The molecule has 2 heteroatoms. The summed E-state index contributed by atoms with van der Waals surface area (Å²) in [6.45, 7) is 5.83. The van der Waals surface area contributed by atoms with Crippen molar-refractivity contribution in [3.63, 3.8) is 0 Å². The maximum atomic E-state index is 10.8. The number of allylic oxidation sites excluding steroid dienone is 3. The van der Waals surface area contributed by atoms with Gasteiger partial charge in [-0.3, -0.25) is 4.79 Å². The van der Waals surface area contributed by atoms with Gasteiger partial charge in [0.1, 0.15) is 0 Å². The Morgan fingerprint density at radius 3 is 2.92 bits per heavy atom. The number of rotatable bonds is 6. The van der Waals surface area contributed by atoms with Crippen LogP contribution in [-0.2, 0) is 9.53 Å². The molecule has 2 nitrogen and oxygen atoms in total. The van der Waals surface area contributed by atoms with Crippen LogP contribution >= 0.6 is 0 Å². The molecule has 0 N–H and O–H groups in total. The minimum absolute atomic E-state index is 0.107. The highest BCUT2D eigenvalue weighted by molar-refractivity contribution is 5.69. The highest BCUT2D eigenvalue weighted by Gasteiger charge is 1.98. The van der Waals surface area contributed by atoms with Gasteiger partial charge in [-0.05, 0) is 19.8 Å². The van der Waals surface area contributed by atoms with Crippen LogP contribution in [0.15, 0.2) is 24.8 Å². The molecule has 0 aliphatic rings. The van der Waals surface area contributed by atoms with E-state index in [0.717, 1.165) is 12.8 Å². The first kappa shape index (κ1) is 11.0. The predicted molar refractivity (Wildman–Crippen MR) is 49.8 cm³/mol. The van der Waals surface area contributed by atoms with E-state index in [4.69, 9.17) is 4.74 Å². The number of ether oxygens (including phenoxy) is 1. The molecule has 0 aromatic carbocycles. The molecule has 0 aliphatic carbocycles. The Balaban J connectivity index is 3.24. The van der Waals surface area contributed by atoms with Gasteiger partial charge < -0.3 is 4.74 Å². The Morgan fingerprint density at radius 2 is 2.33 bits per heavy atom. The summed E-state index contributed by atoms with van der Waals surface area (Å²) in [4.78, 5) is 10.8. The molecule has 0 saturated carbocycles. The van der Waals surface area contributed by atoms with Crippen LogP contribution in [0.3, 0.4) is 0 Å². The summed E-state index contributed by atoms with van der Waals surface area (Å²) in [5, 5.41) is 0. The maximum absolute atomic E-state index is 10.8. The number of carbonyl (C=O) groups is 1. The van der Waals surface area contributed by atoms with E-state index in [1.54, 1.807) is 6.08 Å². The summed E-state index contributed by atoms with van der Waals surface area (Å²) < 4.78 is 4.77. The summed E-state index contributed by atoms with van der Waals surface area (Å²) >= 11 is 0. The lowest BCUT2D eigenvalue weighted by molar-refractivity contribution is -0.143. The lowest BCUT2D eigenvalue weighted by atomic mass is 10.2. The van der Waals surface area contributed by atoms with E-state index in [0.29, 0.717) is 13.0 Å². The van der Waals surface area contributed by atoms with Crippen molar-refractivity contribution in [1.82, 2.24) is 0 Å². The van der Waals surface area contributed by atoms with E-state index < -0.39 is 0 Å². The van der Waals surface area contributed by atoms with Gasteiger partial charge in [0.15, 0.2) is 0 Å². The van der Waals surface area contributed by atoms with Crippen LogP contribution < -0.4 is 0 Å². The lowest BCUT2D eigenvalue weighted by Crippen LogP contribution is -2.02. The van der Waals surface area contributed by atoms with Crippen molar-refractivity contribution in [1.29, 1.82) is 0 Å². The number of hydrogen-bond acceptors (Lipinski definition) is 2. The van der Waals surface area contributed by atoms with Gasteiger partial charge in [-0.25, -0.2) is 0 Å². The van der Waals surface area contributed by atoms with Gasteiger partial charge in [0.25, 0.3) is 0 Å². The second-order valence-electron chi connectivity index (χ2n) is 2.36. The fraction of sp³-hybridized carbons (Fsp3) is 0.500. The van der Waals surface area contributed by atoms with Crippen LogP contribution in [0.4, 0.5) is 0 Å². The van der Waals surface area contributed by atoms with Crippen molar-refractivity contribution in [2.24, 2.45) is 0 Å². The molecule has 0 bridgehead atoms.